The van der Waals surface area contributed by atoms with E-state index in [9.17, 15) is 0 Å². The van der Waals surface area contributed by atoms with Gasteiger partial charge in [0.15, 0.2) is 11.5 Å². The van der Waals surface area contributed by atoms with Gasteiger partial charge in [-0.3, -0.25) is 5.01 Å². The molecule has 5 rings (SSSR count). The number of fused-ring (bicyclic) bond motifs is 1. The molecule has 4 heterocycles. The lowest BCUT2D eigenvalue weighted by Gasteiger charge is -2.35. The Labute approximate surface area is 234 Å². The summed E-state index contributed by atoms with van der Waals surface area (Å²) in [7, 11) is 1.72. The molecule has 0 atom stereocenters. The van der Waals surface area contributed by atoms with Crippen LogP contribution in [0.2, 0.25) is 0 Å². The molecule has 39 heavy (non-hydrogen) atoms. The van der Waals surface area contributed by atoms with Crippen LogP contribution in [-0.2, 0) is 0 Å². The minimum Gasteiger partial charge on any atom is -0.493 e. The van der Waals surface area contributed by atoms with E-state index < -0.39 is 0 Å². The van der Waals surface area contributed by atoms with E-state index in [1.165, 1.54) is 45.2 Å². The summed E-state index contributed by atoms with van der Waals surface area (Å²) in [6.45, 7) is 12.8. The molecule has 2 aromatic rings. The quantitative estimate of drug-likeness (QED) is 0.419. The van der Waals surface area contributed by atoms with Gasteiger partial charge in [-0.1, -0.05) is 12.8 Å². The van der Waals surface area contributed by atoms with E-state index >= 15 is 0 Å². The van der Waals surface area contributed by atoms with Crippen molar-refractivity contribution >= 4 is 22.7 Å². The zero-order valence-electron chi connectivity index (χ0n) is 24.4. The summed E-state index contributed by atoms with van der Waals surface area (Å²) in [5, 5.41) is 6.91. The molecule has 3 aliphatic heterocycles. The number of anilines is 2. The Hall–Kier alpha value is -2.36. The van der Waals surface area contributed by atoms with E-state index in [2.05, 4.69) is 45.5 Å². The van der Waals surface area contributed by atoms with Crippen LogP contribution in [0.25, 0.3) is 10.9 Å². The Bertz CT molecular complexity index is 1040. The maximum absolute atomic E-state index is 6.29. The van der Waals surface area contributed by atoms with Crippen LogP contribution in [0, 0.1) is 0 Å². The molecule has 0 unspecified atom stereocenters. The van der Waals surface area contributed by atoms with Gasteiger partial charge in [0.25, 0.3) is 0 Å². The van der Waals surface area contributed by atoms with Crippen molar-refractivity contribution in [1.29, 1.82) is 0 Å². The number of piperidine rings is 2. The standard InChI is InChI=1S/C30H49N7O2/c1-23(2)36-18-11-24(12-19-36)32-29-25-21-27(38-3)28(39-20-10-16-35-14-7-5-8-15-35)22-26(25)33-30(34-29)37-17-9-4-6-13-31-37/h21-24,31H,4-20H2,1-3H3,(H,32,33,34). The zero-order valence-corrected chi connectivity index (χ0v) is 24.4. The number of rotatable bonds is 10. The molecule has 2 N–H and O–H groups in total. The van der Waals surface area contributed by atoms with Crippen LogP contribution in [-0.4, -0.2) is 91.4 Å². The van der Waals surface area contributed by atoms with Crippen molar-refractivity contribution in [1.82, 2.24) is 25.2 Å². The van der Waals surface area contributed by atoms with Crippen molar-refractivity contribution in [2.75, 3.05) is 69.9 Å². The van der Waals surface area contributed by atoms with E-state index in [0.29, 0.717) is 18.7 Å². The number of benzene rings is 1. The molecule has 3 fully saturated rings. The average molecular weight is 540 g/mol. The molecule has 216 valence electrons. The fourth-order valence-corrected chi connectivity index (χ4v) is 6.07. The third-order valence-electron chi connectivity index (χ3n) is 8.50. The predicted molar refractivity (Wildman–Crippen MR) is 159 cm³/mol. The van der Waals surface area contributed by atoms with Crippen LogP contribution in [0.5, 0.6) is 11.5 Å². The van der Waals surface area contributed by atoms with Crippen LogP contribution < -0.4 is 25.2 Å². The fourth-order valence-electron chi connectivity index (χ4n) is 6.07. The summed E-state index contributed by atoms with van der Waals surface area (Å²) in [4.78, 5) is 15.2. The average Bonchev–Trinajstić information content (AvgIpc) is 3.25. The first-order chi connectivity index (χ1) is 19.1. The summed E-state index contributed by atoms with van der Waals surface area (Å²) in [5.41, 5.74) is 4.42. The second-order valence-corrected chi connectivity index (χ2v) is 11.7. The first kappa shape index (κ1) is 28.2. The number of hydrogen-bond donors (Lipinski definition) is 2. The predicted octanol–water partition coefficient (Wildman–Crippen LogP) is 4.67. The van der Waals surface area contributed by atoms with Gasteiger partial charge in [0.05, 0.1) is 19.2 Å². The third kappa shape index (κ3) is 7.44. The summed E-state index contributed by atoms with van der Waals surface area (Å²) >= 11 is 0. The summed E-state index contributed by atoms with van der Waals surface area (Å²) < 4.78 is 12.1. The number of methoxy groups -OCH3 is 1. The van der Waals surface area contributed by atoms with Gasteiger partial charge in [0.2, 0.25) is 5.95 Å². The lowest BCUT2D eigenvalue weighted by molar-refractivity contribution is 0.177. The van der Waals surface area contributed by atoms with Gasteiger partial charge in [0.1, 0.15) is 5.82 Å². The van der Waals surface area contributed by atoms with Crippen molar-refractivity contribution in [3.63, 3.8) is 0 Å². The van der Waals surface area contributed by atoms with Crippen LogP contribution in [0.4, 0.5) is 11.8 Å². The second-order valence-electron chi connectivity index (χ2n) is 11.7. The zero-order chi connectivity index (χ0) is 27.0. The van der Waals surface area contributed by atoms with Gasteiger partial charge in [-0.2, -0.15) is 4.98 Å². The molecule has 0 saturated carbocycles. The molecule has 1 aromatic heterocycles. The molecule has 0 bridgehead atoms. The Kier molecular flexibility index (Phi) is 9.98. The van der Waals surface area contributed by atoms with Gasteiger partial charge in [-0.05, 0) is 77.9 Å². The molecule has 9 heteroatoms. The van der Waals surface area contributed by atoms with Crippen molar-refractivity contribution < 1.29 is 9.47 Å². The summed E-state index contributed by atoms with van der Waals surface area (Å²) in [6, 6.07) is 5.08. The van der Waals surface area contributed by atoms with E-state index in [1.54, 1.807) is 7.11 Å². The normalized spacial score (nSPS) is 20.4. The fraction of sp³-hybridized carbons (Fsp3) is 0.733. The maximum atomic E-state index is 6.29. The molecular formula is C30H49N7O2. The number of aromatic nitrogens is 2. The van der Waals surface area contributed by atoms with Crippen molar-refractivity contribution in [2.24, 2.45) is 0 Å². The van der Waals surface area contributed by atoms with Crippen LogP contribution in [0.1, 0.15) is 71.6 Å². The van der Waals surface area contributed by atoms with Crippen LogP contribution in [0.3, 0.4) is 0 Å². The number of hydrogen-bond acceptors (Lipinski definition) is 9. The van der Waals surface area contributed by atoms with E-state index in [4.69, 9.17) is 19.4 Å². The number of nitrogens with one attached hydrogen (secondary N) is 2. The van der Waals surface area contributed by atoms with Crippen molar-refractivity contribution in [3.05, 3.63) is 12.1 Å². The Balaban J connectivity index is 1.37. The minimum absolute atomic E-state index is 0.389. The van der Waals surface area contributed by atoms with E-state index in [0.717, 1.165) is 92.6 Å². The molecule has 3 saturated heterocycles. The number of ether oxygens (including phenoxy) is 2. The molecule has 0 spiro atoms. The monoisotopic (exact) mass is 539 g/mol. The minimum atomic E-state index is 0.389. The number of nitrogens with zero attached hydrogens (tertiary/aromatic N) is 5. The number of likely N-dealkylation sites (tertiary alicyclic amines) is 2. The highest BCUT2D eigenvalue weighted by Gasteiger charge is 2.24. The Morgan fingerprint density at radius 3 is 2.49 bits per heavy atom. The highest BCUT2D eigenvalue weighted by Crippen LogP contribution is 2.36. The highest BCUT2D eigenvalue weighted by atomic mass is 16.5. The summed E-state index contributed by atoms with van der Waals surface area (Å²) in [5.74, 6) is 3.11. The lowest BCUT2D eigenvalue weighted by atomic mass is 10.0. The smallest absolute Gasteiger partial charge is 0.242 e. The van der Waals surface area contributed by atoms with Gasteiger partial charge < -0.3 is 24.6 Å². The van der Waals surface area contributed by atoms with Gasteiger partial charge in [-0.25, -0.2) is 10.4 Å². The van der Waals surface area contributed by atoms with E-state index in [1.807, 2.05) is 6.07 Å². The molecule has 9 nitrogen and oxygen atoms in total. The Morgan fingerprint density at radius 2 is 1.72 bits per heavy atom. The van der Waals surface area contributed by atoms with Gasteiger partial charge in [-0.15, -0.1) is 0 Å². The largest absolute Gasteiger partial charge is 0.493 e. The molecule has 0 aliphatic carbocycles. The Morgan fingerprint density at radius 1 is 0.949 bits per heavy atom. The number of hydrazine groups is 1. The van der Waals surface area contributed by atoms with Crippen molar-refractivity contribution in [2.45, 2.75) is 83.7 Å². The molecule has 0 radical (unpaired) electrons. The van der Waals surface area contributed by atoms with Gasteiger partial charge >= 0.3 is 0 Å². The third-order valence-corrected chi connectivity index (χ3v) is 8.50. The topological polar surface area (TPSA) is 78.0 Å². The second kappa shape index (κ2) is 13.8. The van der Waals surface area contributed by atoms with Crippen molar-refractivity contribution in [3.8, 4) is 11.5 Å². The van der Waals surface area contributed by atoms with Gasteiger partial charge in [0, 0.05) is 56.3 Å². The first-order valence-corrected chi connectivity index (χ1v) is 15.4. The first-order valence-electron chi connectivity index (χ1n) is 15.4. The maximum Gasteiger partial charge on any atom is 0.242 e. The lowest BCUT2D eigenvalue weighted by Crippen LogP contribution is -2.42. The molecule has 3 aliphatic rings. The molecule has 1 aromatic carbocycles. The molecular weight excluding hydrogens is 490 g/mol. The summed E-state index contributed by atoms with van der Waals surface area (Å²) in [6.07, 6.45) is 10.8. The van der Waals surface area contributed by atoms with Crippen LogP contribution in [0.15, 0.2) is 12.1 Å². The molecule has 0 amide bonds. The SMILES string of the molecule is COc1cc2c(NC3CCN(C(C)C)CC3)nc(N3CCCCCN3)nc2cc1OCCCN1CCCCC1. The van der Waals surface area contributed by atoms with E-state index in [-0.39, 0.29) is 0 Å². The van der Waals surface area contributed by atoms with Crippen LogP contribution >= 0.6 is 0 Å². The highest BCUT2D eigenvalue weighted by molar-refractivity contribution is 5.93.